The molecule has 0 N–H and O–H groups in total. The molecule has 0 bridgehead atoms. The van der Waals surface area contributed by atoms with E-state index in [4.69, 9.17) is 4.99 Å². The highest BCUT2D eigenvalue weighted by Gasteiger charge is 2.21. The summed E-state index contributed by atoms with van der Waals surface area (Å²) < 4.78 is 0. The minimum absolute atomic E-state index is 0.163. The third-order valence-corrected chi connectivity index (χ3v) is 3.42. The van der Waals surface area contributed by atoms with E-state index in [1.807, 2.05) is 62.4 Å². The van der Waals surface area contributed by atoms with Crippen molar-refractivity contribution < 1.29 is 4.79 Å². The lowest BCUT2D eigenvalue weighted by Gasteiger charge is -2.25. The number of nitrogens with zero attached hydrogens (tertiary/aromatic N) is 2. The molecule has 1 aromatic rings. The molecule has 19 heavy (non-hydrogen) atoms. The topological polar surface area (TPSA) is 32.7 Å². The van der Waals surface area contributed by atoms with Gasteiger partial charge in [0.2, 0.25) is 0 Å². The lowest BCUT2D eigenvalue weighted by Crippen LogP contribution is -2.29. The molecule has 0 aromatic heterocycles. The SMILES string of the molecule is CSC(=NC(C)(C)CC(C)=O)N(C)c1ccccc1. The van der Waals surface area contributed by atoms with Crippen molar-refractivity contribution in [3.8, 4) is 0 Å². The van der Waals surface area contributed by atoms with Crippen molar-refractivity contribution in [3.63, 3.8) is 0 Å². The fraction of sp³-hybridized carbons (Fsp3) is 0.467. The molecule has 0 saturated carbocycles. The Morgan fingerprint density at radius 1 is 1.32 bits per heavy atom. The van der Waals surface area contributed by atoms with Crippen LogP contribution in [0.5, 0.6) is 0 Å². The Balaban J connectivity index is 2.97. The number of hydrogen-bond donors (Lipinski definition) is 0. The average Bonchev–Trinajstić information content (AvgIpc) is 2.34. The summed E-state index contributed by atoms with van der Waals surface area (Å²) in [5, 5.41) is 0.914. The molecule has 0 amide bonds. The van der Waals surface area contributed by atoms with Gasteiger partial charge in [0.25, 0.3) is 0 Å². The summed E-state index contributed by atoms with van der Waals surface area (Å²) in [7, 11) is 1.99. The van der Waals surface area contributed by atoms with Gasteiger partial charge in [0.15, 0.2) is 5.17 Å². The van der Waals surface area contributed by atoms with Gasteiger partial charge in [-0.25, -0.2) is 0 Å². The van der Waals surface area contributed by atoms with Crippen molar-refractivity contribution in [1.29, 1.82) is 0 Å². The second kappa shape index (κ2) is 6.75. The van der Waals surface area contributed by atoms with Crippen LogP contribution >= 0.6 is 11.8 Å². The fourth-order valence-electron chi connectivity index (χ4n) is 1.93. The first kappa shape index (κ1) is 15.8. The minimum Gasteiger partial charge on any atom is -0.324 e. The van der Waals surface area contributed by atoms with Crippen molar-refractivity contribution >= 4 is 28.4 Å². The summed E-state index contributed by atoms with van der Waals surface area (Å²) in [6, 6.07) is 10.1. The lowest BCUT2D eigenvalue weighted by atomic mass is 9.99. The Morgan fingerprint density at radius 3 is 2.37 bits per heavy atom. The number of rotatable bonds is 4. The second-order valence-electron chi connectivity index (χ2n) is 5.18. The lowest BCUT2D eigenvalue weighted by molar-refractivity contribution is -0.117. The molecule has 1 aromatic carbocycles. The zero-order valence-electron chi connectivity index (χ0n) is 12.3. The molecule has 0 spiro atoms. The van der Waals surface area contributed by atoms with Gasteiger partial charge >= 0.3 is 0 Å². The first-order valence-electron chi connectivity index (χ1n) is 6.28. The molecule has 3 nitrogen and oxygen atoms in total. The highest BCUT2D eigenvalue weighted by atomic mass is 32.2. The molecule has 0 unspecified atom stereocenters. The normalized spacial score (nSPS) is 12.4. The van der Waals surface area contributed by atoms with Crippen LogP contribution in [0.3, 0.4) is 0 Å². The van der Waals surface area contributed by atoms with Crippen molar-refractivity contribution in [2.45, 2.75) is 32.7 Å². The zero-order valence-corrected chi connectivity index (χ0v) is 13.1. The largest absolute Gasteiger partial charge is 0.324 e. The van der Waals surface area contributed by atoms with Crippen LogP contribution in [0.1, 0.15) is 27.2 Å². The molecule has 4 heteroatoms. The van der Waals surface area contributed by atoms with E-state index in [0.717, 1.165) is 10.9 Å². The van der Waals surface area contributed by atoms with Crippen LogP contribution in [0.4, 0.5) is 5.69 Å². The number of carbonyl (C=O) groups is 1. The Bertz CT molecular complexity index is 454. The number of amidine groups is 1. The van der Waals surface area contributed by atoms with Gasteiger partial charge in [0.1, 0.15) is 5.78 Å². The van der Waals surface area contributed by atoms with Gasteiger partial charge in [-0.05, 0) is 39.2 Å². The standard InChI is InChI=1S/C15H22N2OS/c1-12(18)11-15(2,3)16-14(19-5)17(4)13-9-7-6-8-10-13/h6-10H,11H2,1-5H3. The summed E-state index contributed by atoms with van der Waals surface area (Å²) >= 11 is 1.59. The van der Waals surface area contributed by atoms with E-state index < -0.39 is 0 Å². The Hall–Kier alpha value is -1.29. The smallest absolute Gasteiger partial charge is 0.163 e. The number of thioether (sulfide) groups is 1. The summed E-state index contributed by atoms with van der Waals surface area (Å²) in [6.45, 7) is 5.59. The van der Waals surface area contributed by atoms with Crippen molar-refractivity contribution in [1.82, 2.24) is 0 Å². The highest BCUT2D eigenvalue weighted by molar-refractivity contribution is 8.13. The van der Waals surface area contributed by atoms with Crippen LogP contribution < -0.4 is 4.90 Å². The molecular formula is C15H22N2OS. The predicted molar refractivity (Wildman–Crippen MR) is 85.2 cm³/mol. The van der Waals surface area contributed by atoms with Crippen molar-refractivity contribution in [2.24, 2.45) is 4.99 Å². The number of aliphatic imine (C=N–C) groups is 1. The van der Waals surface area contributed by atoms with E-state index in [-0.39, 0.29) is 11.3 Å². The number of Topliss-reactive ketones (excluding diaryl/α,β-unsaturated/α-hetero) is 1. The summed E-state index contributed by atoms with van der Waals surface area (Å²) in [6.07, 6.45) is 2.46. The molecule has 0 saturated heterocycles. The van der Waals surface area contributed by atoms with E-state index in [1.165, 1.54) is 0 Å². The molecule has 0 radical (unpaired) electrons. The maximum Gasteiger partial charge on any atom is 0.163 e. The number of carbonyl (C=O) groups excluding carboxylic acids is 1. The molecule has 0 atom stereocenters. The quantitative estimate of drug-likeness (QED) is 0.623. The third-order valence-electron chi connectivity index (χ3n) is 2.69. The third kappa shape index (κ3) is 5.07. The van der Waals surface area contributed by atoms with E-state index in [2.05, 4.69) is 0 Å². The van der Waals surface area contributed by atoms with Gasteiger partial charge in [-0.2, -0.15) is 0 Å². The summed E-state index contributed by atoms with van der Waals surface area (Å²) in [4.78, 5) is 18.1. The van der Waals surface area contributed by atoms with Crippen LogP contribution in [0.2, 0.25) is 0 Å². The Labute approximate surface area is 120 Å². The number of benzene rings is 1. The van der Waals surface area contributed by atoms with E-state index >= 15 is 0 Å². The number of anilines is 1. The van der Waals surface area contributed by atoms with Gasteiger partial charge < -0.3 is 4.90 Å². The number of hydrogen-bond acceptors (Lipinski definition) is 3. The van der Waals surface area contributed by atoms with Gasteiger partial charge in [0, 0.05) is 19.2 Å². The first-order chi connectivity index (χ1) is 8.85. The maximum absolute atomic E-state index is 11.3. The van der Waals surface area contributed by atoms with Crippen molar-refractivity contribution in [2.75, 3.05) is 18.2 Å². The molecular weight excluding hydrogens is 256 g/mol. The molecule has 0 heterocycles. The van der Waals surface area contributed by atoms with Crippen molar-refractivity contribution in [3.05, 3.63) is 30.3 Å². The van der Waals surface area contributed by atoms with Crippen LogP contribution in [-0.4, -0.2) is 29.8 Å². The first-order valence-corrected chi connectivity index (χ1v) is 7.50. The number of para-hydroxylation sites is 1. The van der Waals surface area contributed by atoms with Crippen LogP contribution in [0, 0.1) is 0 Å². The van der Waals surface area contributed by atoms with Crippen LogP contribution in [-0.2, 0) is 4.79 Å². The average molecular weight is 278 g/mol. The maximum atomic E-state index is 11.3. The minimum atomic E-state index is -0.368. The Kier molecular flexibility index (Phi) is 5.60. The highest BCUT2D eigenvalue weighted by Crippen LogP contribution is 2.21. The van der Waals surface area contributed by atoms with Gasteiger partial charge in [0.05, 0.1) is 5.54 Å². The summed E-state index contributed by atoms with van der Waals surface area (Å²) in [5.74, 6) is 0.163. The molecule has 0 aliphatic rings. The van der Waals surface area contributed by atoms with E-state index in [0.29, 0.717) is 6.42 Å². The Morgan fingerprint density at radius 2 is 1.89 bits per heavy atom. The van der Waals surface area contributed by atoms with E-state index in [1.54, 1.807) is 18.7 Å². The van der Waals surface area contributed by atoms with Gasteiger partial charge in [-0.1, -0.05) is 30.0 Å². The molecule has 1 rings (SSSR count). The number of ketones is 1. The van der Waals surface area contributed by atoms with E-state index in [9.17, 15) is 4.79 Å². The predicted octanol–water partition coefficient (Wildman–Crippen LogP) is 3.60. The zero-order chi connectivity index (χ0) is 14.5. The molecule has 0 fully saturated rings. The van der Waals surface area contributed by atoms with Crippen LogP contribution in [0.25, 0.3) is 0 Å². The molecule has 0 aliphatic heterocycles. The fourth-order valence-corrected chi connectivity index (χ4v) is 2.64. The van der Waals surface area contributed by atoms with Gasteiger partial charge in [-0.3, -0.25) is 9.79 Å². The molecule has 104 valence electrons. The summed E-state index contributed by atoms with van der Waals surface area (Å²) in [5.41, 5.74) is 0.724. The monoisotopic (exact) mass is 278 g/mol. The van der Waals surface area contributed by atoms with Gasteiger partial charge in [-0.15, -0.1) is 0 Å². The molecule has 0 aliphatic carbocycles. The second-order valence-corrected chi connectivity index (χ2v) is 5.96. The van der Waals surface area contributed by atoms with Crippen LogP contribution in [0.15, 0.2) is 35.3 Å².